The predicted octanol–water partition coefficient (Wildman–Crippen LogP) is 2.19. The molecule has 0 aromatic carbocycles. The van der Waals surface area contributed by atoms with Crippen molar-refractivity contribution in [3.63, 3.8) is 0 Å². The van der Waals surface area contributed by atoms with E-state index in [2.05, 4.69) is 33.0 Å². The van der Waals surface area contributed by atoms with E-state index >= 15 is 0 Å². The van der Waals surface area contributed by atoms with Crippen molar-refractivity contribution >= 4 is 18.3 Å². The lowest BCUT2D eigenvalue weighted by Crippen LogP contribution is -2.56. The maximum Gasteiger partial charge on any atom is 0.223 e. The highest BCUT2D eigenvalue weighted by Crippen LogP contribution is 2.17. The van der Waals surface area contributed by atoms with E-state index < -0.39 is 0 Å². The lowest BCUT2D eigenvalue weighted by molar-refractivity contribution is -0.128. The van der Waals surface area contributed by atoms with Crippen molar-refractivity contribution in [2.45, 2.75) is 47.1 Å². The number of nitrogens with one attached hydrogen (secondary N) is 1. The summed E-state index contributed by atoms with van der Waals surface area (Å²) >= 11 is 0. The molecule has 3 N–H and O–H groups in total. The van der Waals surface area contributed by atoms with Crippen molar-refractivity contribution in [3.8, 4) is 0 Å². The van der Waals surface area contributed by atoms with Gasteiger partial charge in [0, 0.05) is 12.5 Å². The summed E-state index contributed by atoms with van der Waals surface area (Å²) in [6, 6.07) is 0. The van der Waals surface area contributed by atoms with Crippen LogP contribution in [0.4, 0.5) is 0 Å². The molecule has 2 atom stereocenters. The van der Waals surface area contributed by atoms with Gasteiger partial charge in [-0.15, -0.1) is 12.4 Å². The Hall–Kier alpha value is -0.280. The molecule has 0 heterocycles. The molecular formula is C12H27ClN2O. The van der Waals surface area contributed by atoms with Crippen molar-refractivity contribution < 1.29 is 4.79 Å². The van der Waals surface area contributed by atoms with Gasteiger partial charge in [-0.2, -0.15) is 0 Å². The van der Waals surface area contributed by atoms with Crippen molar-refractivity contribution in [1.82, 2.24) is 5.32 Å². The molecule has 0 aliphatic carbocycles. The molecule has 0 spiro atoms. The molecule has 0 rings (SSSR count). The first kappa shape index (κ1) is 18.1. The third kappa shape index (κ3) is 4.71. The molecule has 0 aliphatic rings. The van der Waals surface area contributed by atoms with Gasteiger partial charge in [0.25, 0.3) is 0 Å². The molecule has 0 saturated carbocycles. The van der Waals surface area contributed by atoms with Crippen molar-refractivity contribution in [2.24, 2.45) is 23.5 Å². The lowest BCUT2D eigenvalue weighted by Gasteiger charge is -2.35. The summed E-state index contributed by atoms with van der Waals surface area (Å²) in [5, 5.41) is 3.06. The number of halogens is 1. The number of hydrogen-bond donors (Lipinski definition) is 2. The third-order valence-electron chi connectivity index (χ3n) is 3.52. The Bertz CT molecular complexity index is 219. The topological polar surface area (TPSA) is 55.1 Å². The van der Waals surface area contributed by atoms with E-state index in [-0.39, 0.29) is 29.8 Å². The Morgan fingerprint density at radius 1 is 1.25 bits per heavy atom. The summed E-state index contributed by atoms with van der Waals surface area (Å²) < 4.78 is 0. The summed E-state index contributed by atoms with van der Waals surface area (Å²) in [7, 11) is 0. The third-order valence-corrected chi connectivity index (χ3v) is 3.52. The maximum absolute atomic E-state index is 11.9. The van der Waals surface area contributed by atoms with Gasteiger partial charge in [0.05, 0.1) is 5.54 Å². The maximum atomic E-state index is 11.9. The van der Waals surface area contributed by atoms with Crippen LogP contribution >= 0.6 is 12.4 Å². The minimum absolute atomic E-state index is 0. The Morgan fingerprint density at radius 2 is 1.69 bits per heavy atom. The molecule has 1 amide bonds. The molecule has 0 fully saturated rings. The van der Waals surface area contributed by atoms with E-state index in [0.717, 1.165) is 0 Å². The van der Waals surface area contributed by atoms with Crippen LogP contribution in [0.2, 0.25) is 0 Å². The highest BCUT2D eigenvalue weighted by Gasteiger charge is 2.30. The largest absolute Gasteiger partial charge is 0.349 e. The van der Waals surface area contributed by atoms with Gasteiger partial charge in [-0.3, -0.25) is 4.79 Å². The van der Waals surface area contributed by atoms with Crippen LogP contribution in [-0.2, 0) is 4.79 Å². The lowest BCUT2D eigenvalue weighted by atomic mass is 9.87. The fraction of sp³-hybridized carbons (Fsp3) is 0.917. The normalized spacial score (nSPS) is 16.6. The van der Waals surface area contributed by atoms with Gasteiger partial charge in [-0.25, -0.2) is 0 Å². The zero-order valence-corrected chi connectivity index (χ0v) is 12.1. The Morgan fingerprint density at radius 3 is 1.94 bits per heavy atom. The molecule has 4 heteroatoms. The summed E-state index contributed by atoms with van der Waals surface area (Å²) in [5.74, 6) is 0.839. The standard InChI is InChI=1S/C12H26N2O.ClH/c1-8(2)10(5)11(15)14-12(6,7-13)9(3)4;/h8-10H,7,13H2,1-6H3,(H,14,15);1H. The summed E-state index contributed by atoms with van der Waals surface area (Å²) in [4.78, 5) is 11.9. The van der Waals surface area contributed by atoms with Gasteiger partial charge < -0.3 is 11.1 Å². The molecular weight excluding hydrogens is 224 g/mol. The van der Waals surface area contributed by atoms with Crippen molar-refractivity contribution in [2.75, 3.05) is 6.54 Å². The zero-order chi connectivity index (χ0) is 12.2. The van der Waals surface area contributed by atoms with Crippen LogP contribution in [-0.4, -0.2) is 18.0 Å². The molecule has 0 saturated heterocycles. The average molecular weight is 251 g/mol. The Balaban J connectivity index is 0. The minimum atomic E-state index is -0.291. The molecule has 0 aromatic heterocycles. The molecule has 2 unspecified atom stereocenters. The summed E-state index contributed by atoms with van der Waals surface area (Å²) in [6.07, 6.45) is 0. The highest BCUT2D eigenvalue weighted by atomic mass is 35.5. The first-order valence-corrected chi connectivity index (χ1v) is 5.76. The number of nitrogens with two attached hydrogens (primary N) is 1. The molecule has 0 aliphatic heterocycles. The molecule has 0 bridgehead atoms. The molecule has 3 nitrogen and oxygen atoms in total. The second-order valence-corrected chi connectivity index (χ2v) is 5.30. The zero-order valence-electron chi connectivity index (χ0n) is 11.3. The second-order valence-electron chi connectivity index (χ2n) is 5.30. The summed E-state index contributed by atoms with van der Waals surface area (Å²) in [6.45, 7) is 12.7. The average Bonchev–Trinajstić information content (AvgIpc) is 2.15. The number of carbonyl (C=O) groups excluding carboxylic acids is 1. The number of carbonyl (C=O) groups is 1. The monoisotopic (exact) mass is 250 g/mol. The van der Waals surface area contributed by atoms with Crippen LogP contribution in [0.3, 0.4) is 0 Å². The van der Waals surface area contributed by atoms with Crippen molar-refractivity contribution in [1.29, 1.82) is 0 Å². The fourth-order valence-electron chi connectivity index (χ4n) is 1.13. The molecule has 98 valence electrons. The van der Waals surface area contributed by atoms with Crippen LogP contribution in [0.5, 0.6) is 0 Å². The van der Waals surface area contributed by atoms with Crippen LogP contribution in [0.15, 0.2) is 0 Å². The Labute approximate surface area is 106 Å². The van der Waals surface area contributed by atoms with Crippen LogP contribution in [0, 0.1) is 17.8 Å². The van der Waals surface area contributed by atoms with Gasteiger partial charge in [0.15, 0.2) is 0 Å². The van der Waals surface area contributed by atoms with Gasteiger partial charge in [-0.1, -0.05) is 34.6 Å². The van der Waals surface area contributed by atoms with E-state index in [0.29, 0.717) is 18.4 Å². The van der Waals surface area contributed by atoms with E-state index in [1.807, 2.05) is 13.8 Å². The Kier molecular flexibility index (Phi) is 8.06. The smallest absolute Gasteiger partial charge is 0.223 e. The van der Waals surface area contributed by atoms with Crippen LogP contribution < -0.4 is 11.1 Å². The SMILES string of the molecule is CC(C)C(C)C(=O)NC(C)(CN)C(C)C.Cl. The first-order valence-electron chi connectivity index (χ1n) is 5.76. The summed E-state index contributed by atoms with van der Waals surface area (Å²) in [5.41, 5.74) is 5.43. The van der Waals surface area contributed by atoms with Crippen molar-refractivity contribution in [3.05, 3.63) is 0 Å². The number of amides is 1. The van der Waals surface area contributed by atoms with E-state index in [4.69, 9.17) is 5.73 Å². The highest BCUT2D eigenvalue weighted by molar-refractivity contribution is 5.85. The van der Waals surface area contributed by atoms with Gasteiger partial charge in [0.2, 0.25) is 5.91 Å². The fourth-order valence-corrected chi connectivity index (χ4v) is 1.13. The quantitative estimate of drug-likeness (QED) is 0.786. The van der Waals surface area contributed by atoms with Crippen LogP contribution in [0.25, 0.3) is 0 Å². The minimum Gasteiger partial charge on any atom is -0.349 e. The van der Waals surface area contributed by atoms with Gasteiger partial charge >= 0.3 is 0 Å². The van der Waals surface area contributed by atoms with E-state index in [1.54, 1.807) is 0 Å². The molecule has 16 heavy (non-hydrogen) atoms. The van der Waals surface area contributed by atoms with Crippen LogP contribution in [0.1, 0.15) is 41.5 Å². The number of rotatable bonds is 5. The molecule has 0 aromatic rings. The second kappa shape index (κ2) is 7.13. The van der Waals surface area contributed by atoms with E-state index in [9.17, 15) is 4.79 Å². The van der Waals surface area contributed by atoms with Gasteiger partial charge in [0.1, 0.15) is 0 Å². The van der Waals surface area contributed by atoms with E-state index in [1.165, 1.54) is 0 Å². The molecule has 0 radical (unpaired) electrons. The van der Waals surface area contributed by atoms with Gasteiger partial charge in [-0.05, 0) is 18.8 Å². The predicted molar refractivity (Wildman–Crippen MR) is 71.7 cm³/mol. The first-order chi connectivity index (χ1) is 6.74. The number of hydrogen-bond acceptors (Lipinski definition) is 2.